The zero-order chi connectivity index (χ0) is 12.3. The first-order chi connectivity index (χ1) is 7.30. The monoisotopic (exact) mass is 241 g/mol. The van der Waals surface area contributed by atoms with E-state index in [1.807, 2.05) is 20.8 Å². The van der Waals surface area contributed by atoms with Gasteiger partial charge in [-0.3, -0.25) is 4.79 Å². The summed E-state index contributed by atoms with van der Waals surface area (Å²) in [6, 6.07) is 6.23. The molecule has 0 saturated carbocycles. The highest BCUT2D eigenvalue weighted by Crippen LogP contribution is 2.18. The molecule has 0 aromatic heterocycles. The highest BCUT2D eigenvalue weighted by molar-refractivity contribution is 7.79. The Morgan fingerprint density at radius 3 is 2.12 bits per heavy atom. The normalized spacial score (nSPS) is 13.2. The number of hydrogen-bond donors (Lipinski definition) is 2. The third-order valence-electron chi connectivity index (χ3n) is 2.00. The van der Waals surface area contributed by atoms with E-state index >= 15 is 0 Å². The van der Waals surface area contributed by atoms with Crippen molar-refractivity contribution < 1.29 is 13.6 Å². The van der Waals surface area contributed by atoms with Crippen molar-refractivity contribution in [3.05, 3.63) is 24.3 Å². The van der Waals surface area contributed by atoms with Gasteiger partial charge in [-0.05, 0) is 24.3 Å². The first-order valence-electron chi connectivity index (χ1n) is 4.83. The molecule has 2 N–H and O–H groups in total. The Bertz CT molecular complexity index is 406. The number of carbonyl (C=O) groups excluding carboxylic acids is 1. The summed E-state index contributed by atoms with van der Waals surface area (Å²) in [5, 5.41) is 2.73. The van der Waals surface area contributed by atoms with Crippen LogP contribution in [0.4, 0.5) is 5.69 Å². The molecular weight excluding hydrogens is 226 g/mol. The summed E-state index contributed by atoms with van der Waals surface area (Å²) in [4.78, 5) is 11.9. The molecule has 4 nitrogen and oxygen atoms in total. The summed E-state index contributed by atoms with van der Waals surface area (Å²) in [5.41, 5.74) is 0.160. The number of anilines is 1. The quantitative estimate of drug-likeness (QED) is 0.780. The summed E-state index contributed by atoms with van der Waals surface area (Å²) < 4.78 is 19.5. The molecule has 0 saturated heterocycles. The van der Waals surface area contributed by atoms with Gasteiger partial charge in [0.15, 0.2) is 11.1 Å². The second kappa shape index (κ2) is 4.76. The van der Waals surface area contributed by atoms with E-state index < -0.39 is 16.5 Å². The van der Waals surface area contributed by atoms with Crippen molar-refractivity contribution in [2.45, 2.75) is 25.7 Å². The topological polar surface area (TPSA) is 66.4 Å². The third-order valence-corrected chi connectivity index (χ3v) is 2.67. The average molecular weight is 241 g/mol. The van der Waals surface area contributed by atoms with Crippen LogP contribution in [-0.2, 0) is 15.9 Å². The van der Waals surface area contributed by atoms with Crippen molar-refractivity contribution in [2.75, 3.05) is 5.32 Å². The van der Waals surface area contributed by atoms with Gasteiger partial charge in [0.1, 0.15) is 0 Å². The molecule has 0 heterocycles. The van der Waals surface area contributed by atoms with Gasteiger partial charge in [0, 0.05) is 11.1 Å². The van der Waals surface area contributed by atoms with Crippen LogP contribution in [0.2, 0.25) is 0 Å². The molecule has 0 aliphatic rings. The first-order valence-corrected chi connectivity index (χ1v) is 5.94. The molecular formula is C11H15NO3S. The zero-order valence-electron chi connectivity index (χ0n) is 9.48. The fourth-order valence-electron chi connectivity index (χ4n) is 0.973. The molecule has 5 heteroatoms. The smallest absolute Gasteiger partial charge is 0.229 e. The van der Waals surface area contributed by atoms with E-state index in [9.17, 15) is 9.00 Å². The third kappa shape index (κ3) is 3.43. The standard InChI is InChI=1S/C11H15NO3S/c1-11(2,3)10(13)12-8-4-6-9(7-5-8)16(14)15/h4-7H,1-3H3,(H,12,13)(H,14,15). The van der Waals surface area contributed by atoms with E-state index in [0.717, 1.165) is 0 Å². The van der Waals surface area contributed by atoms with Crippen LogP contribution in [-0.4, -0.2) is 14.7 Å². The maximum Gasteiger partial charge on any atom is 0.229 e. The van der Waals surface area contributed by atoms with Crippen molar-refractivity contribution >= 4 is 22.7 Å². The lowest BCUT2D eigenvalue weighted by molar-refractivity contribution is -0.123. The molecule has 1 unspecified atom stereocenters. The van der Waals surface area contributed by atoms with Crippen LogP contribution in [0.15, 0.2) is 29.2 Å². The first kappa shape index (κ1) is 12.9. The zero-order valence-corrected chi connectivity index (χ0v) is 10.3. The summed E-state index contributed by atoms with van der Waals surface area (Å²) in [6.07, 6.45) is 0. The van der Waals surface area contributed by atoms with Crippen molar-refractivity contribution in [2.24, 2.45) is 5.41 Å². The number of rotatable bonds is 2. The van der Waals surface area contributed by atoms with Gasteiger partial charge >= 0.3 is 0 Å². The molecule has 0 fully saturated rings. The SMILES string of the molecule is CC(C)(C)C(=O)Nc1ccc(S(=O)O)cc1. The van der Waals surface area contributed by atoms with E-state index in [2.05, 4.69) is 5.32 Å². The predicted molar refractivity (Wildman–Crippen MR) is 63.6 cm³/mol. The van der Waals surface area contributed by atoms with Gasteiger partial charge in [-0.25, -0.2) is 4.21 Å². The lowest BCUT2D eigenvalue weighted by Gasteiger charge is -2.17. The van der Waals surface area contributed by atoms with Crippen LogP contribution in [0.25, 0.3) is 0 Å². The van der Waals surface area contributed by atoms with Gasteiger partial charge in [-0.1, -0.05) is 20.8 Å². The van der Waals surface area contributed by atoms with E-state index in [4.69, 9.17) is 4.55 Å². The van der Waals surface area contributed by atoms with Gasteiger partial charge in [0.25, 0.3) is 0 Å². The summed E-state index contributed by atoms with van der Waals surface area (Å²) >= 11 is -1.98. The molecule has 16 heavy (non-hydrogen) atoms. The van der Waals surface area contributed by atoms with E-state index in [-0.39, 0.29) is 5.91 Å². The van der Waals surface area contributed by atoms with Crippen LogP contribution in [0.3, 0.4) is 0 Å². The van der Waals surface area contributed by atoms with Gasteiger partial charge in [0.2, 0.25) is 5.91 Å². The van der Waals surface area contributed by atoms with Crippen molar-refractivity contribution in [3.63, 3.8) is 0 Å². The van der Waals surface area contributed by atoms with Gasteiger partial charge in [0.05, 0.1) is 4.90 Å². The fourth-order valence-corrected chi connectivity index (χ4v) is 1.34. The molecule has 1 aromatic carbocycles. The number of benzene rings is 1. The van der Waals surface area contributed by atoms with Crippen molar-refractivity contribution in [1.82, 2.24) is 0 Å². The molecule has 1 aromatic rings. The molecule has 0 aliphatic carbocycles. The average Bonchev–Trinajstić information content (AvgIpc) is 2.17. The highest BCUT2D eigenvalue weighted by atomic mass is 32.2. The van der Waals surface area contributed by atoms with E-state index in [0.29, 0.717) is 10.6 Å². The van der Waals surface area contributed by atoms with Crippen LogP contribution in [0, 0.1) is 5.41 Å². The number of amides is 1. The predicted octanol–water partition coefficient (Wildman–Crippen LogP) is 2.25. The molecule has 0 spiro atoms. The Kier molecular flexibility index (Phi) is 3.83. The number of nitrogens with one attached hydrogen (secondary N) is 1. The Hall–Kier alpha value is -1.20. The maximum atomic E-state index is 11.6. The van der Waals surface area contributed by atoms with Crippen LogP contribution in [0.5, 0.6) is 0 Å². The minimum Gasteiger partial charge on any atom is -0.326 e. The number of carbonyl (C=O) groups is 1. The number of hydrogen-bond acceptors (Lipinski definition) is 2. The second-order valence-corrected chi connectivity index (χ2v) is 5.45. The molecule has 1 amide bonds. The van der Waals surface area contributed by atoms with Gasteiger partial charge in [-0.2, -0.15) is 0 Å². The summed E-state index contributed by atoms with van der Waals surface area (Å²) in [7, 11) is 0. The van der Waals surface area contributed by atoms with Crippen LogP contribution < -0.4 is 5.32 Å². The Morgan fingerprint density at radius 1 is 1.25 bits per heavy atom. The molecule has 0 radical (unpaired) electrons. The highest BCUT2D eigenvalue weighted by Gasteiger charge is 2.20. The molecule has 0 aliphatic heterocycles. The Balaban J connectivity index is 2.77. The minimum absolute atomic E-state index is 0.0922. The van der Waals surface area contributed by atoms with Crippen molar-refractivity contribution in [3.8, 4) is 0 Å². The Morgan fingerprint density at radius 2 is 1.75 bits per heavy atom. The minimum atomic E-state index is -1.98. The van der Waals surface area contributed by atoms with Crippen LogP contribution >= 0.6 is 0 Å². The Labute approximate surface area is 97.3 Å². The van der Waals surface area contributed by atoms with Gasteiger partial charge < -0.3 is 9.87 Å². The maximum absolute atomic E-state index is 11.6. The summed E-state index contributed by atoms with van der Waals surface area (Å²) in [6.45, 7) is 5.46. The molecule has 1 rings (SSSR count). The molecule has 1 atom stereocenters. The lowest BCUT2D eigenvalue weighted by Crippen LogP contribution is -2.27. The lowest BCUT2D eigenvalue weighted by atomic mass is 9.95. The van der Waals surface area contributed by atoms with Crippen molar-refractivity contribution in [1.29, 1.82) is 0 Å². The molecule has 0 bridgehead atoms. The van der Waals surface area contributed by atoms with Gasteiger partial charge in [-0.15, -0.1) is 0 Å². The fraction of sp³-hybridized carbons (Fsp3) is 0.364. The summed E-state index contributed by atoms with van der Waals surface area (Å²) in [5.74, 6) is -0.0922. The largest absolute Gasteiger partial charge is 0.326 e. The van der Waals surface area contributed by atoms with Crippen LogP contribution in [0.1, 0.15) is 20.8 Å². The van der Waals surface area contributed by atoms with E-state index in [1.165, 1.54) is 12.1 Å². The van der Waals surface area contributed by atoms with E-state index in [1.54, 1.807) is 12.1 Å². The molecule has 88 valence electrons. The second-order valence-electron chi connectivity index (χ2n) is 4.48.